The van der Waals surface area contributed by atoms with E-state index in [9.17, 15) is 0 Å². The molecule has 4 nitrogen and oxygen atoms in total. The number of ether oxygens (including phenoxy) is 1. The fourth-order valence-corrected chi connectivity index (χ4v) is 1.20. The number of rotatable bonds is 2. The summed E-state index contributed by atoms with van der Waals surface area (Å²) in [6.07, 6.45) is 0. The van der Waals surface area contributed by atoms with Gasteiger partial charge >= 0.3 is 11.7 Å². The zero-order valence-corrected chi connectivity index (χ0v) is 10.5. The molecule has 0 aliphatic rings. The lowest BCUT2D eigenvalue weighted by atomic mass is 10.3. The minimum atomic E-state index is 0. The fourth-order valence-electron chi connectivity index (χ4n) is 1.20. The van der Waals surface area contributed by atoms with E-state index in [0.717, 1.165) is 5.75 Å². The van der Waals surface area contributed by atoms with Gasteiger partial charge in [-0.05, 0) is 18.2 Å². The smallest absolute Gasteiger partial charge is 0.388 e. The molecule has 0 amide bonds. The van der Waals surface area contributed by atoms with Crippen molar-refractivity contribution in [3.8, 4) is 11.6 Å². The van der Waals surface area contributed by atoms with Crippen molar-refractivity contribution in [3.05, 3.63) is 42.5 Å². The van der Waals surface area contributed by atoms with Crippen LogP contribution < -0.4 is 46.0 Å². The highest BCUT2D eigenvalue weighted by Crippen LogP contribution is 2.18. The number of aromatic amines is 1. The lowest BCUT2D eigenvalue weighted by Crippen LogP contribution is -3.00. The molecular weight excluding hydrogens is 261 g/mol. The summed E-state index contributed by atoms with van der Waals surface area (Å²) in [5, 5.41) is 0. The summed E-state index contributed by atoms with van der Waals surface area (Å²) in [5.74, 6) is 2.06. The van der Waals surface area contributed by atoms with Gasteiger partial charge in [0.1, 0.15) is 5.75 Å². The van der Waals surface area contributed by atoms with Crippen molar-refractivity contribution in [2.75, 3.05) is 5.73 Å². The zero-order chi connectivity index (χ0) is 10.7. The second kappa shape index (κ2) is 6.96. The Labute approximate surface area is 112 Å². The number of halogens is 2. The van der Waals surface area contributed by atoms with Crippen LogP contribution in [0.1, 0.15) is 0 Å². The van der Waals surface area contributed by atoms with Gasteiger partial charge in [-0.15, -0.1) is 4.98 Å². The number of hydrogen-bond acceptors (Lipinski definition) is 2. The van der Waals surface area contributed by atoms with Gasteiger partial charge in [0.05, 0.1) is 6.07 Å². The lowest BCUT2D eigenvalue weighted by molar-refractivity contribution is -0.482. The normalized spacial score (nSPS) is 8.76. The van der Waals surface area contributed by atoms with E-state index in [-0.39, 0.29) is 24.8 Å². The van der Waals surface area contributed by atoms with Crippen molar-refractivity contribution in [3.63, 3.8) is 0 Å². The number of anilines is 1. The Morgan fingerprint density at radius 3 is 2.24 bits per heavy atom. The number of pyridine rings is 1. The predicted octanol–water partition coefficient (Wildman–Crippen LogP) is -5.24. The Balaban J connectivity index is 0.00000128. The van der Waals surface area contributed by atoms with E-state index in [2.05, 4.69) is 10.7 Å². The van der Waals surface area contributed by atoms with Crippen LogP contribution in [0, 0.1) is 0 Å². The fraction of sp³-hybridized carbons (Fsp3) is 0. The lowest BCUT2D eigenvalue weighted by Gasteiger charge is -1.99. The van der Waals surface area contributed by atoms with Crippen LogP contribution in [-0.2, 0) is 0 Å². The number of H-pyrrole nitrogens is 1. The molecule has 0 atom stereocenters. The van der Waals surface area contributed by atoms with Crippen molar-refractivity contribution >= 4 is 11.5 Å². The van der Waals surface area contributed by atoms with Gasteiger partial charge < -0.3 is 35.3 Å². The van der Waals surface area contributed by atoms with Crippen LogP contribution in [0.25, 0.3) is 0 Å². The maximum absolute atomic E-state index is 5.63. The first kappa shape index (κ1) is 15.5. The van der Waals surface area contributed by atoms with Gasteiger partial charge in [-0.3, -0.25) is 5.73 Å². The Morgan fingerprint density at radius 2 is 1.65 bits per heavy atom. The molecule has 0 saturated heterocycles. The van der Waals surface area contributed by atoms with Gasteiger partial charge in [0.2, 0.25) is 0 Å². The number of quaternary nitrogens is 1. The summed E-state index contributed by atoms with van der Waals surface area (Å²) >= 11 is 0. The molecule has 17 heavy (non-hydrogen) atoms. The molecule has 0 bridgehead atoms. The molecular formula is C11H13Cl2N3O. The van der Waals surface area contributed by atoms with E-state index in [1.165, 1.54) is 0 Å². The molecule has 2 aromatic rings. The quantitative estimate of drug-likeness (QED) is 0.574. The topological polar surface area (TPSA) is 77.0 Å². The standard InChI is InChI=1S/C11H11N3O.2ClH/c12-9-6-7-10(14-11(9)13)15-8-4-2-1-3-5-8;;/h1-7H,12H2,(H2,13,14);2*1H. The molecule has 1 aromatic heterocycles. The van der Waals surface area contributed by atoms with Crippen LogP contribution in [-0.4, -0.2) is 0 Å². The Hall–Kier alpha value is -1.49. The van der Waals surface area contributed by atoms with E-state index in [1.54, 1.807) is 12.1 Å². The Bertz CT molecular complexity index is 466. The zero-order valence-electron chi connectivity index (χ0n) is 8.99. The van der Waals surface area contributed by atoms with Crippen LogP contribution in [0.4, 0.5) is 11.5 Å². The number of hydrogen-bond donors (Lipinski definition) is 2. The third-order valence-electron chi connectivity index (χ3n) is 2.01. The van der Waals surface area contributed by atoms with Gasteiger partial charge in [-0.1, -0.05) is 18.2 Å². The summed E-state index contributed by atoms with van der Waals surface area (Å²) in [5.41, 5.74) is 10.0. The summed E-state index contributed by atoms with van der Waals surface area (Å²) < 4.78 is 5.56. The highest BCUT2D eigenvalue weighted by Gasteiger charge is 2.10. The second-order valence-electron chi connectivity index (χ2n) is 3.17. The van der Waals surface area contributed by atoms with Crippen LogP contribution in [0.3, 0.4) is 0 Å². The predicted molar refractivity (Wildman–Crippen MR) is 56.5 cm³/mol. The van der Waals surface area contributed by atoms with E-state index >= 15 is 0 Å². The van der Waals surface area contributed by atoms with E-state index < -0.39 is 0 Å². The highest BCUT2D eigenvalue weighted by molar-refractivity contribution is 5.48. The van der Waals surface area contributed by atoms with Crippen LogP contribution in [0.2, 0.25) is 0 Å². The monoisotopic (exact) mass is 273 g/mol. The molecule has 2 rings (SSSR count). The number of nitrogen functional groups attached to an aromatic ring is 1. The second-order valence-corrected chi connectivity index (χ2v) is 3.17. The van der Waals surface area contributed by atoms with Crippen LogP contribution >= 0.6 is 0 Å². The molecule has 92 valence electrons. The SMILES string of the molecule is Nc1ccc(Oc2ccccc2)[nH+]c1[NH3+].[Cl-].[Cl-]. The molecule has 0 spiro atoms. The molecule has 1 heterocycles. The van der Waals surface area contributed by atoms with Gasteiger partial charge in [0, 0.05) is 0 Å². The number of nitrogens with one attached hydrogen (secondary N) is 1. The average Bonchev–Trinajstić information content (AvgIpc) is 2.25. The molecule has 0 radical (unpaired) electrons. The first-order chi connectivity index (χ1) is 7.25. The van der Waals surface area contributed by atoms with Gasteiger partial charge in [-0.25, -0.2) is 0 Å². The first-order valence-corrected chi connectivity index (χ1v) is 4.62. The van der Waals surface area contributed by atoms with E-state index in [1.807, 2.05) is 30.3 Å². The number of para-hydroxylation sites is 1. The van der Waals surface area contributed by atoms with Crippen LogP contribution in [0.15, 0.2) is 42.5 Å². The summed E-state index contributed by atoms with van der Waals surface area (Å²) in [7, 11) is 0. The third kappa shape index (κ3) is 4.11. The number of benzene rings is 1. The molecule has 0 aliphatic heterocycles. The largest absolute Gasteiger partial charge is 1.00 e. The molecule has 6 N–H and O–H groups in total. The maximum Gasteiger partial charge on any atom is 0.388 e. The Kier molecular flexibility index (Phi) is 6.35. The highest BCUT2D eigenvalue weighted by atomic mass is 35.5. The van der Waals surface area contributed by atoms with Crippen molar-refractivity contribution < 1.29 is 40.3 Å². The average molecular weight is 274 g/mol. The van der Waals surface area contributed by atoms with Crippen molar-refractivity contribution in [2.45, 2.75) is 0 Å². The molecule has 0 unspecified atom stereocenters. The molecule has 1 aromatic carbocycles. The summed E-state index contributed by atoms with van der Waals surface area (Å²) in [4.78, 5) is 2.97. The number of nitrogens with two attached hydrogens (primary N) is 1. The number of aromatic nitrogens is 1. The maximum atomic E-state index is 5.63. The van der Waals surface area contributed by atoms with E-state index in [4.69, 9.17) is 10.5 Å². The van der Waals surface area contributed by atoms with Crippen molar-refractivity contribution in [2.24, 2.45) is 0 Å². The summed E-state index contributed by atoms with van der Waals surface area (Å²) in [6.45, 7) is 0. The molecule has 0 fully saturated rings. The van der Waals surface area contributed by atoms with Gasteiger partial charge in [0.15, 0.2) is 5.69 Å². The van der Waals surface area contributed by atoms with Gasteiger partial charge in [0.25, 0.3) is 0 Å². The summed E-state index contributed by atoms with van der Waals surface area (Å²) in [6, 6.07) is 13.1. The minimum absolute atomic E-state index is 0. The van der Waals surface area contributed by atoms with Crippen LogP contribution in [0.5, 0.6) is 11.6 Å². The van der Waals surface area contributed by atoms with Crippen molar-refractivity contribution in [1.29, 1.82) is 0 Å². The molecule has 6 heteroatoms. The molecule has 0 aliphatic carbocycles. The van der Waals surface area contributed by atoms with Gasteiger partial charge in [-0.2, -0.15) is 0 Å². The minimum Gasteiger partial charge on any atom is -1.00 e. The first-order valence-electron chi connectivity index (χ1n) is 4.62. The molecule has 0 saturated carbocycles. The Morgan fingerprint density at radius 1 is 1.00 bits per heavy atom. The van der Waals surface area contributed by atoms with Crippen molar-refractivity contribution in [1.82, 2.24) is 0 Å². The van der Waals surface area contributed by atoms with E-state index in [0.29, 0.717) is 17.4 Å². The third-order valence-corrected chi connectivity index (χ3v) is 2.01.